The Morgan fingerprint density at radius 2 is 2.12 bits per heavy atom. The van der Waals surface area contributed by atoms with Crippen LogP contribution in [0, 0.1) is 0 Å². The summed E-state index contributed by atoms with van der Waals surface area (Å²) in [7, 11) is 1.98. The predicted octanol–water partition coefficient (Wildman–Crippen LogP) is 1.03. The molecular weight excluding hydrogens is 202 g/mol. The van der Waals surface area contributed by atoms with Crippen molar-refractivity contribution in [2.45, 2.75) is 32.9 Å². The van der Waals surface area contributed by atoms with Crippen LogP contribution in [0.25, 0.3) is 0 Å². The van der Waals surface area contributed by atoms with Gasteiger partial charge in [-0.3, -0.25) is 4.79 Å². The molecule has 0 aromatic carbocycles. The van der Waals surface area contributed by atoms with Gasteiger partial charge in [0, 0.05) is 31.5 Å². The second-order valence-corrected chi connectivity index (χ2v) is 5.09. The molecular formula is C12H21N3O. The summed E-state index contributed by atoms with van der Waals surface area (Å²) in [5, 5.41) is 6.02. The molecule has 0 radical (unpaired) electrons. The molecule has 0 aliphatic heterocycles. The molecule has 1 rings (SSSR count). The Morgan fingerprint density at radius 1 is 1.44 bits per heavy atom. The van der Waals surface area contributed by atoms with Crippen molar-refractivity contribution in [2.24, 2.45) is 7.05 Å². The zero-order chi connectivity index (χ0) is 12.2. The van der Waals surface area contributed by atoms with Crippen LogP contribution >= 0.6 is 0 Å². The number of nitrogens with one attached hydrogen (secondary N) is 2. The minimum atomic E-state index is -0.161. The van der Waals surface area contributed by atoms with Crippen LogP contribution in [-0.2, 0) is 18.4 Å². The van der Waals surface area contributed by atoms with Crippen LogP contribution in [0.2, 0.25) is 0 Å². The van der Waals surface area contributed by atoms with E-state index in [9.17, 15) is 4.79 Å². The third-order valence-corrected chi connectivity index (χ3v) is 2.02. The first kappa shape index (κ1) is 12.8. The molecule has 1 amide bonds. The van der Waals surface area contributed by atoms with Gasteiger partial charge in [0.2, 0.25) is 5.91 Å². The van der Waals surface area contributed by atoms with E-state index >= 15 is 0 Å². The highest BCUT2D eigenvalue weighted by atomic mass is 16.2. The smallest absolute Gasteiger partial charge is 0.234 e. The Bertz CT molecular complexity index is 349. The summed E-state index contributed by atoms with van der Waals surface area (Å²) in [5.74, 6) is 0.0310. The molecule has 1 aromatic heterocycles. The van der Waals surface area contributed by atoms with Crippen molar-refractivity contribution >= 4 is 5.91 Å². The van der Waals surface area contributed by atoms with E-state index in [1.54, 1.807) is 0 Å². The van der Waals surface area contributed by atoms with Gasteiger partial charge in [0.1, 0.15) is 0 Å². The van der Waals surface area contributed by atoms with E-state index in [4.69, 9.17) is 0 Å². The summed E-state index contributed by atoms with van der Waals surface area (Å²) >= 11 is 0. The Labute approximate surface area is 97.0 Å². The van der Waals surface area contributed by atoms with Gasteiger partial charge in [0.05, 0.1) is 6.54 Å². The summed E-state index contributed by atoms with van der Waals surface area (Å²) in [5.41, 5.74) is 1.02. The highest BCUT2D eigenvalue weighted by Crippen LogP contribution is 1.99. The summed E-state index contributed by atoms with van der Waals surface area (Å²) in [6, 6.07) is 2.04. The topological polar surface area (TPSA) is 46.1 Å². The molecule has 16 heavy (non-hydrogen) atoms. The molecule has 2 N–H and O–H groups in total. The van der Waals surface area contributed by atoms with Crippen molar-refractivity contribution in [3.05, 3.63) is 24.0 Å². The lowest BCUT2D eigenvalue weighted by Crippen LogP contribution is -2.44. The number of amides is 1. The van der Waals surface area contributed by atoms with Crippen LogP contribution in [0.4, 0.5) is 0 Å². The fourth-order valence-electron chi connectivity index (χ4n) is 1.45. The molecule has 0 saturated heterocycles. The molecule has 1 heterocycles. The van der Waals surface area contributed by atoms with Gasteiger partial charge in [-0.1, -0.05) is 0 Å². The molecule has 0 fully saturated rings. The first-order chi connectivity index (χ1) is 7.37. The quantitative estimate of drug-likeness (QED) is 0.801. The Morgan fingerprint density at radius 3 is 2.62 bits per heavy atom. The van der Waals surface area contributed by atoms with Gasteiger partial charge >= 0.3 is 0 Å². The van der Waals surface area contributed by atoms with Crippen molar-refractivity contribution in [1.29, 1.82) is 0 Å². The predicted molar refractivity (Wildman–Crippen MR) is 65.0 cm³/mol. The van der Waals surface area contributed by atoms with E-state index in [0.29, 0.717) is 6.54 Å². The van der Waals surface area contributed by atoms with Crippen LogP contribution in [0.1, 0.15) is 26.3 Å². The average Bonchev–Trinajstić information content (AvgIpc) is 2.48. The number of carbonyl (C=O) groups is 1. The van der Waals surface area contributed by atoms with Gasteiger partial charge in [-0.15, -0.1) is 0 Å². The maximum absolute atomic E-state index is 11.5. The van der Waals surface area contributed by atoms with Gasteiger partial charge < -0.3 is 15.2 Å². The maximum atomic E-state index is 11.5. The Kier molecular flexibility index (Phi) is 4.12. The molecule has 4 heteroatoms. The Hall–Kier alpha value is -1.29. The fourth-order valence-corrected chi connectivity index (χ4v) is 1.45. The summed E-state index contributed by atoms with van der Waals surface area (Å²) in [6.07, 6.45) is 4.03. The lowest BCUT2D eigenvalue weighted by atomic mass is 10.1. The van der Waals surface area contributed by atoms with E-state index in [-0.39, 0.29) is 11.4 Å². The highest BCUT2D eigenvalue weighted by molar-refractivity contribution is 5.78. The number of nitrogens with zero attached hydrogens (tertiary/aromatic N) is 1. The van der Waals surface area contributed by atoms with Gasteiger partial charge in [0.25, 0.3) is 0 Å². The molecule has 0 saturated carbocycles. The van der Waals surface area contributed by atoms with Crippen LogP contribution in [-0.4, -0.2) is 22.6 Å². The first-order valence-electron chi connectivity index (χ1n) is 5.49. The monoisotopic (exact) mass is 223 g/mol. The second kappa shape index (κ2) is 5.16. The fraction of sp³-hybridized carbons (Fsp3) is 0.583. The van der Waals surface area contributed by atoms with Crippen molar-refractivity contribution in [1.82, 2.24) is 15.2 Å². The van der Waals surface area contributed by atoms with Crippen LogP contribution in [0.15, 0.2) is 18.5 Å². The minimum absolute atomic E-state index is 0.0310. The van der Waals surface area contributed by atoms with Crippen molar-refractivity contribution in [2.75, 3.05) is 6.54 Å². The highest BCUT2D eigenvalue weighted by Gasteiger charge is 2.12. The molecule has 0 bridgehead atoms. The first-order valence-corrected chi connectivity index (χ1v) is 5.49. The van der Waals surface area contributed by atoms with E-state index in [0.717, 1.165) is 6.54 Å². The van der Waals surface area contributed by atoms with Crippen LogP contribution in [0.5, 0.6) is 0 Å². The zero-order valence-electron chi connectivity index (χ0n) is 10.5. The summed E-state index contributed by atoms with van der Waals surface area (Å²) < 4.78 is 1.99. The molecule has 90 valence electrons. The van der Waals surface area contributed by atoms with E-state index in [2.05, 4.69) is 10.6 Å². The van der Waals surface area contributed by atoms with E-state index in [1.165, 1.54) is 5.56 Å². The molecule has 0 unspecified atom stereocenters. The lowest BCUT2D eigenvalue weighted by Gasteiger charge is -2.20. The third-order valence-electron chi connectivity index (χ3n) is 2.02. The molecule has 0 spiro atoms. The van der Waals surface area contributed by atoms with Crippen LogP contribution in [0.3, 0.4) is 0 Å². The van der Waals surface area contributed by atoms with Gasteiger partial charge in [-0.2, -0.15) is 0 Å². The molecule has 0 atom stereocenters. The minimum Gasteiger partial charge on any atom is -0.357 e. The maximum Gasteiger partial charge on any atom is 0.234 e. The largest absolute Gasteiger partial charge is 0.357 e. The SMILES string of the molecule is Cn1ccc(CNCC(=O)NC(C)(C)C)c1. The molecule has 0 aliphatic carbocycles. The van der Waals surface area contributed by atoms with E-state index in [1.807, 2.05) is 50.8 Å². The molecule has 0 aliphatic rings. The van der Waals surface area contributed by atoms with Crippen molar-refractivity contribution < 1.29 is 4.79 Å². The van der Waals surface area contributed by atoms with Gasteiger partial charge in [0.15, 0.2) is 0 Å². The average molecular weight is 223 g/mol. The Balaban J connectivity index is 2.23. The van der Waals surface area contributed by atoms with Gasteiger partial charge in [-0.05, 0) is 32.4 Å². The van der Waals surface area contributed by atoms with Gasteiger partial charge in [-0.25, -0.2) is 0 Å². The van der Waals surface area contributed by atoms with E-state index < -0.39 is 0 Å². The standard InChI is InChI=1S/C12H21N3O/c1-12(2,3)14-11(16)8-13-7-10-5-6-15(4)9-10/h5-6,9,13H,7-8H2,1-4H3,(H,14,16). The van der Waals surface area contributed by atoms with Crippen molar-refractivity contribution in [3.8, 4) is 0 Å². The van der Waals surface area contributed by atoms with Crippen molar-refractivity contribution in [3.63, 3.8) is 0 Å². The summed E-state index contributed by atoms with van der Waals surface area (Å²) in [4.78, 5) is 11.5. The number of hydrogen-bond acceptors (Lipinski definition) is 2. The number of hydrogen-bond donors (Lipinski definition) is 2. The zero-order valence-corrected chi connectivity index (χ0v) is 10.5. The number of carbonyl (C=O) groups excluding carboxylic acids is 1. The van der Waals surface area contributed by atoms with Crippen LogP contribution < -0.4 is 10.6 Å². The second-order valence-electron chi connectivity index (χ2n) is 5.09. The third kappa shape index (κ3) is 4.98. The number of aromatic nitrogens is 1. The number of rotatable bonds is 4. The molecule has 1 aromatic rings. The molecule has 4 nitrogen and oxygen atoms in total. The lowest BCUT2D eigenvalue weighted by molar-refractivity contribution is -0.121. The summed E-state index contributed by atoms with van der Waals surface area (Å²) in [6.45, 7) is 7.00. The number of aryl methyl sites for hydroxylation is 1. The normalized spacial score (nSPS) is 11.5.